The number of H-pyrrole nitrogens is 2. The number of para-hydroxylation sites is 1. The molecule has 0 fully saturated rings. The van der Waals surface area contributed by atoms with Crippen molar-refractivity contribution < 1.29 is 21.2 Å². The highest BCUT2D eigenvalue weighted by Crippen LogP contribution is 2.19. The van der Waals surface area contributed by atoms with Crippen molar-refractivity contribution in [2.24, 2.45) is 0 Å². The fraction of sp³-hybridized carbons (Fsp3) is 0.192. The van der Waals surface area contributed by atoms with Crippen molar-refractivity contribution >= 4 is 16.8 Å². The first kappa shape index (κ1) is 26.7. The van der Waals surface area contributed by atoms with E-state index in [4.69, 9.17) is 10.00 Å². The van der Waals surface area contributed by atoms with Crippen LogP contribution in [-0.4, -0.2) is 28.0 Å². The van der Waals surface area contributed by atoms with Gasteiger partial charge in [-0.2, -0.15) is 5.26 Å². The minimum absolute atomic E-state index is 0. The molecule has 3 N–H and O–H groups in total. The SMILES string of the molecule is COc1ccccc1CCC(=O)N[C@@H](C)c1ncc(C#N)cc1F.O=c1[nH]c(=O)c2cc(F)ccc2[nH]1.[HH].[HH]. The molecular formula is C26H27F2N5O4. The molecule has 4 aromatic rings. The van der Waals surface area contributed by atoms with E-state index in [-0.39, 0.29) is 31.8 Å². The summed E-state index contributed by atoms with van der Waals surface area (Å²) in [7, 11) is 1.58. The van der Waals surface area contributed by atoms with E-state index >= 15 is 0 Å². The van der Waals surface area contributed by atoms with Crippen LogP contribution in [0.15, 0.2) is 64.3 Å². The number of aromatic nitrogens is 3. The molecule has 0 bridgehead atoms. The van der Waals surface area contributed by atoms with Gasteiger partial charge in [0.2, 0.25) is 5.91 Å². The Balaban J connectivity index is 0.000000430. The number of ether oxygens (including phenoxy) is 1. The number of halogens is 2. The van der Waals surface area contributed by atoms with E-state index in [2.05, 4.69) is 15.3 Å². The van der Waals surface area contributed by atoms with E-state index in [1.807, 2.05) is 35.3 Å². The Hall–Kier alpha value is -4.85. The molecule has 0 spiro atoms. The van der Waals surface area contributed by atoms with Crippen LogP contribution in [-0.2, 0) is 11.2 Å². The topological polar surface area (TPSA) is 141 Å². The summed E-state index contributed by atoms with van der Waals surface area (Å²) < 4.78 is 31.8. The summed E-state index contributed by atoms with van der Waals surface area (Å²) in [5.74, 6) is -0.589. The number of carbonyl (C=O) groups excluding carboxylic acids is 1. The van der Waals surface area contributed by atoms with E-state index in [0.717, 1.165) is 23.4 Å². The number of nitriles is 1. The zero-order chi connectivity index (χ0) is 26.9. The monoisotopic (exact) mass is 511 g/mol. The van der Waals surface area contributed by atoms with Crippen LogP contribution >= 0.6 is 0 Å². The molecule has 2 heterocycles. The van der Waals surface area contributed by atoms with Gasteiger partial charge in [0, 0.05) is 15.5 Å². The first-order valence-corrected chi connectivity index (χ1v) is 11.1. The standard InChI is InChI=1S/C18H18FN3O2.C8H5FN2O2.2H2/c1-12(18-15(19)9-13(10-20)11-21-18)22-17(23)8-7-14-5-3-4-6-16(14)24-2;9-4-1-2-6-5(3-4)7(12)11-8(13)10-6;;/h3-6,9,11-12H,7-8H2,1-2H3,(H,22,23);1-3H,(H2,10,11,12,13);2*1H/t12-;;;/m0.../s1. The number of methoxy groups -OCH3 is 1. The van der Waals surface area contributed by atoms with Crippen molar-refractivity contribution in [1.82, 2.24) is 20.3 Å². The zero-order valence-electron chi connectivity index (χ0n) is 20.0. The zero-order valence-corrected chi connectivity index (χ0v) is 20.0. The summed E-state index contributed by atoms with van der Waals surface area (Å²) in [4.78, 5) is 42.3. The third-order valence-corrected chi connectivity index (χ3v) is 5.30. The molecule has 4 rings (SSSR count). The van der Waals surface area contributed by atoms with Crippen molar-refractivity contribution in [3.63, 3.8) is 0 Å². The molecular weight excluding hydrogens is 484 g/mol. The van der Waals surface area contributed by atoms with Crippen LogP contribution in [0.1, 0.15) is 39.1 Å². The smallest absolute Gasteiger partial charge is 0.326 e. The summed E-state index contributed by atoms with van der Waals surface area (Å²) in [5.41, 5.74) is 0.341. The number of amides is 1. The Morgan fingerprint density at radius 1 is 1.19 bits per heavy atom. The van der Waals surface area contributed by atoms with Gasteiger partial charge in [0.05, 0.1) is 35.3 Å². The van der Waals surface area contributed by atoms with Gasteiger partial charge in [-0.1, -0.05) is 18.2 Å². The molecule has 0 radical (unpaired) electrons. The number of carbonyl (C=O) groups is 1. The van der Waals surface area contributed by atoms with Gasteiger partial charge in [0.1, 0.15) is 23.5 Å². The molecule has 2 aromatic heterocycles. The van der Waals surface area contributed by atoms with E-state index in [0.29, 0.717) is 11.9 Å². The van der Waals surface area contributed by atoms with Gasteiger partial charge in [-0.15, -0.1) is 0 Å². The van der Waals surface area contributed by atoms with Crippen molar-refractivity contribution in [2.45, 2.75) is 25.8 Å². The average molecular weight is 512 g/mol. The number of nitrogens with zero attached hydrogens (tertiary/aromatic N) is 2. The second kappa shape index (κ2) is 12.2. The van der Waals surface area contributed by atoms with Crippen molar-refractivity contribution in [3.05, 3.63) is 104 Å². The van der Waals surface area contributed by atoms with Gasteiger partial charge in [0.25, 0.3) is 5.56 Å². The van der Waals surface area contributed by atoms with Gasteiger partial charge >= 0.3 is 5.69 Å². The predicted molar refractivity (Wildman–Crippen MR) is 136 cm³/mol. The van der Waals surface area contributed by atoms with E-state index in [9.17, 15) is 23.2 Å². The van der Waals surface area contributed by atoms with Crippen LogP contribution in [0, 0.1) is 23.0 Å². The molecule has 0 saturated carbocycles. The van der Waals surface area contributed by atoms with Crippen molar-refractivity contribution in [3.8, 4) is 11.8 Å². The number of aryl methyl sites for hydroxylation is 1. The molecule has 37 heavy (non-hydrogen) atoms. The lowest BCUT2D eigenvalue weighted by Gasteiger charge is -2.14. The fourth-order valence-electron chi connectivity index (χ4n) is 3.51. The quantitative estimate of drug-likeness (QED) is 0.360. The minimum Gasteiger partial charge on any atom is -0.496 e. The van der Waals surface area contributed by atoms with E-state index in [1.54, 1.807) is 14.0 Å². The Morgan fingerprint density at radius 3 is 2.65 bits per heavy atom. The second-order valence-electron chi connectivity index (χ2n) is 7.90. The molecule has 0 aliphatic carbocycles. The second-order valence-corrected chi connectivity index (χ2v) is 7.90. The molecule has 0 aliphatic rings. The van der Waals surface area contributed by atoms with Crippen LogP contribution in [0.5, 0.6) is 5.75 Å². The molecule has 11 heteroatoms. The van der Waals surface area contributed by atoms with E-state index in [1.165, 1.54) is 18.3 Å². The first-order chi connectivity index (χ1) is 17.7. The fourth-order valence-corrected chi connectivity index (χ4v) is 3.51. The number of benzene rings is 2. The summed E-state index contributed by atoms with van der Waals surface area (Å²) in [6, 6.07) is 13.4. The molecule has 9 nitrogen and oxygen atoms in total. The van der Waals surface area contributed by atoms with Crippen molar-refractivity contribution in [1.29, 1.82) is 5.26 Å². The number of aromatic amines is 2. The average Bonchev–Trinajstić information content (AvgIpc) is 2.88. The van der Waals surface area contributed by atoms with Crippen LogP contribution in [0.4, 0.5) is 8.78 Å². The highest BCUT2D eigenvalue weighted by molar-refractivity contribution is 5.77. The Morgan fingerprint density at radius 2 is 1.95 bits per heavy atom. The molecule has 0 aliphatic heterocycles. The van der Waals surface area contributed by atoms with Gasteiger partial charge in [-0.3, -0.25) is 19.6 Å². The lowest BCUT2D eigenvalue weighted by molar-refractivity contribution is -0.121. The Kier molecular flexibility index (Phi) is 8.83. The molecule has 2 aromatic carbocycles. The van der Waals surface area contributed by atoms with Crippen molar-refractivity contribution in [2.75, 3.05) is 7.11 Å². The van der Waals surface area contributed by atoms with Gasteiger partial charge in [-0.25, -0.2) is 13.6 Å². The van der Waals surface area contributed by atoms with Crippen LogP contribution in [0.2, 0.25) is 0 Å². The highest BCUT2D eigenvalue weighted by Gasteiger charge is 2.16. The number of hydrogen-bond donors (Lipinski definition) is 3. The summed E-state index contributed by atoms with van der Waals surface area (Å²) in [6.45, 7) is 1.65. The number of nitrogens with one attached hydrogen (secondary N) is 3. The predicted octanol–water partition coefficient (Wildman–Crippen LogP) is 3.76. The summed E-state index contributed by atoms with van der Waals surface area (Å²) >= 11 is 0. The molecule has 1 amide bonds. The maximum atomic E-state index is 13.9. The van der Waals surface area contributed by atoms with Gasteiger partial charge < -0.3 is 15.0 Å². The Bertz CT molecular complexity index is 1590. The first-order valence-electron chi connectivity index (χ1n) is 11.1. The summed E-state index contributed by atoms with van der Waals surface area (Å²) in [6.07, 6.45) is 2.06. The van der Waals surface area contributed by atoms with Gasteiger partial charge in [-0.05, 0) is 49.2 Å². The van der Waals surface area contributed by atoms with Crippen LogP contribution in [0.3, 0.4) is 0 Å². The largest absolute Gasteiger partial charge is 0.496 e. The third-order valence-electron chi connectivity index (χ3n) is 5.30. The number of hydrogen-bond acceptors (Lipinski definition) is 6. The maximum absolute atomic E-state index is 13.9. The number of rotatable bonds is 6. The molecule has 0 unspecified atom stereocenters. The summed E-state index contributed by atoms with van der Waals surface area (Å²) in [5, 5.41) is 11.6. The van der Waals surface area contributed by atoms with Gasteiger partial charge in [0.15, 0.2) is 0 Å². The molecule has 194 valence electrons. The lowest BCUT2D eigenvalue weighted by Crippen LogP contribution is -2.28. The third kappa shape index (κ3) is 7.08. The number of pyridine rings is 1. The highest BCUT2D eigenvalue weighted by atomic mass is 19.1. The Labute approximate surface area is 212 Å². The van der Waals surface area contributed by atoms with E-state index < -0.39 is 28.9 Å². The molecule has 1 atom stereocenters. The number of fused-ring (bicyclic) bond motifs is 1. The minimum atomic E-state index is -0.605. The van der Waals surface area contributed by atoms with Crippen LogP contribution in [0.25, 0.3) is 10.9 Å². The lowest BCUT2D eigenvalue weighted by atomic mass is 10.1. The molecule has 0 saturated heterocycles. The maximum Gasteiger partial charge on any atom is 0.326 e. The van der Waals surface area contributed by atoms with Crippen LogP contribution < -0.4 is 21.3 Å². The normalized spacial score (nSPS) is 11.1.